The monoisotopic (exact) mass is 226 g/mol. The molecular weight excluding hydrogens is 212 g/mol. The number of nitrogens with two attached hydrogens (primary N) is 1. The first-order valence-electron chi connectivity index (χ1n) is 5.09. The predicted molar refractivity (Wildman–Crippen MR) is 60.7 cm³/mol. The summed E-state index contributed by atoms with van der Waals surface area (Å²) in [6, 6.07) is 0. The molecule has 1 aliphatic carbocycles. The average Bonchev–Trinajstić information content (AvgIpc) is 2.66. The Balaban J connectivity index is 2.47. The standard InChI is InChI=1S/C9H14N4OS/c10-7(15)9(4-2-1-3-5-9)13-6-11-12-8(13)14/h6H,1-5H2,(H2,10,15)(H,12,14). The van der Waals surface area contributed by atoms with Crippen molar-refractivity contribution in [3.63, 3.8) is 0 Å². The van der Waals surface area contributed by atoms with Crippen LogP contribution in [0.4, 0.5) is 0 Å². The summed E-state index contributed by atoms with van der Waals surface area (Å²) in [5, 5.41) is 6.12. The van der Waals surface area contributed by atoms with Gasteiger partial charge in [0.2, 0.25) is 0 Å². The molecule has 0 spiro atoms. The molecule has 1 aliphatic rings. The maximum Gasteiger partial charge on any atom is 0.343 e. The molecule has 1 aromatic heterocycles. The van der Waals surface area contributed by atoms with Gasteiger partial charge in [-0.05, 0) is 12.8 Å². The summed E-state index contributed by atoms with van der Waals surface area (Å²) in [6.45, 7) is 0. The van der Waals surface area contributed by atoms with Crippen molar-refractivity contribution in [2.75, 3.05) is 0 Å². The van der Waals surface area contributed by atoms with E-state index >= 15 is 0 Å². The van der Waals surface area contributed by atoms with Gasteiger partial charge in [-0.25, -0.2) is 9.89 Å². The van der Waals surface area contributed by atoms with Crippen LogP contribution in [-0.2, 0) is 5.54 Å². The summed E-state index contributed by atoms with van der Waals surface area (Å²) in [5.41, 5.74) is 5.07. The molecule has 2 rings (SSSR count). The van der Waals surface area contributed by atoms with Gasteiger partial charge in [-0.1, -0.05) is 31.5 Å². The smallest absolute Gasteiger partial charge is 0.343 e. The van der Waals surface area contributed by atoms with Crippen molar-refractivity contribution in [2.24, 2.45) is 5.73 Å². The fraction of sp³-hybridized carbons (Fsp3) is 0.667. The molecule has 1 heterocycles. The van der Waals surface area contributed by atoms with E-state index < -0.39 is 5.54 Å². The van der Waals surface area contributed by atoms with E-state index in [-0.39, 0.29) is 5.69 Å². The molecule has 5 nitrogen and oxygen atoms in total. The molecule has 0 amide bonds. The first-order chi connectivity index (χ1) is 7.17. The van der Waals surface area contributed by atoms with Crippen molar-refractivity contribution in [1.82, 2.24) is 14.8 Å². The molecule has 3 N–H and O–H groups in total. The van der Waals surface area contributed by atoms with Gasteiger partial charge in [0.25, 0.3) is 0 Å². The lowest BCUT2D eigenvalue weighted by Crippen LogP contribution is -2.50. The van der Waals surface area contributed by atoms with Gasteiger partial charge in [0.1, 0.15) is 11.9 Å². The molecule has 0 unspecified atom stereocenters. The van der Waals surface area contributed by atoms with Crippen molar-refractivity contribution >= 4 is 17.2 Å². The van der Waals surface area contributed by atoms with E-state index in [1.54, 1.807) is 4.57 Å². The third-order valence-corrected chi connectivity index (χ3v) is 3.53. The SMILES string of the molecule is NC(=S)C1(n2cn[nH]c2=O)CCCCC1. The van der Waals surface area contributed by atoms with Gasteiger partial charge in [0, 0.05) is 0 Å². The summed E-state index contributed by atoms with van der Waals surface area (Å²) in [5.74, 6) is 0. The van der Waals surface area contributed by atoms with E-state index in [1.165, 1.54) is 12.7 Å². The molecule has 0 bridgehead atoms. The maximum atomic E-state index is 11.6. The summed E-state index contributed by atoms with van der Waals surface area (Å²) < 4.78 is 1.55. The van der Waals surface area contributed by atoms with Crippen LogP contribution in [0.25, 0.3) is 0 Å². The van der Waals surface area contributed by atoms with E-state index in [1.807, 2.05) is 0 Å². The molecule has 1 saturated carbocycles. The Morgan fingerprint density at radius 1 is 1.53 bits per heavy atom. The van der Waals surface area contributed by atoms with E-state index in [9.17, 15) is 4.79 Å². The van der Waals surface area contributed by atoms with Gasteiger partial charge < -0.3 is 5.73 Å². The summed E-state index contributed by atoms with van der Waals surface area (Å²) >= 11 is 5.11. The Labute approximate surface area is 92.7 Å². The molecule has 0 aliphatic heterocycles. The van der Waals surface area contributed by atoms with Crippen LogP contribution in [0.5, 0.6) is 0 Å². The minimum atomic E-state index is -0.488. The number of thiocarbonyl (C=S) groups is 1. The van der Waals surface area contributed by atoms with Crippen molar-refractivity contribution in [1.29, 1.82) is 0 Å². The lowest BCUT2D eigenvalue weighted by Gasteiger charge is -2.36. The van der Waals surface area contributed by atoms with Crippen molar-refractivity contribution in [3.8, 4) is 0 Å². The molecule has 0 atom stereocenters. The molecule has 6 heteroatoms. The van der Waals surface area contributed by atoms with Gasteiger partial charge in [-0.2, -0.15) is 5.10 Å². The van der Waals surface area contributed by atoms with Crippen molar-refractivity contribution in [2.45, 2.75) is 37.6 Å². The Morgan fingerprint density at radius 3 is 2.67 bits per heavy atom. The predicted octanol–water partition coefficient (Wildman–Crippen LogP) is 0.517. The normalized spacial score (nSPS) is 20.0. The fourth-order valence-corrected chi connectivity index (χ4v) is 2.60. The van der Waals surface area contributed by atoms with E-state index in [0.29, 0.717) is 4.99 Å². The summed E-state index contributed by atoms with van der Waals surface area (Å²) in [7, 11) is 0. The van der Waals surface area contributed by atoms with Crippen LogP contribution in [-0.4, -0.2) is 19.8 Å². The summed E-state index contributed by atoms with van der Waals surface area (Å²) in [4.78, 5) is 12.0. The first kappa shape index (κ1) is 10.4. The van der Waals surface area contributed by atoms with Crippen LogP contribution >= 0.6 is 12.2 Å². The third-order valence-electron chi connectivity index (χ3n) is 3.15. The van der Waals surface area contributed by atoms with Gasteiger partial charge in [-0.15, -0.1) is 0 Å². The third kappa shape index (κ3) is 1.58. The van der Waals surface area contributed by atoms with Crippen LogP contribution in [0.2, 0.25) is 0 Å². The van der Waals surface area contributed by atoms with E-state index in [4.69, 9.17) is 18.0 Å². The van der Waals surface area contributed by atoms with Crippen LogP contribution < -0.4 is 11.4 Å². The zero-order valence-electron chi connectivity index (χ0n) is 8.40. The highest BCUT2D eigenvalue weighted by Crippen LogP contribution is 2.33. The van der Waals surface area contributed by atoms with E-state index in [2.05, 4.69) is 10.2 Å². The van der Waals surface area contributed by atoms with Crippen LogP contribution in [0, 0.1) is 0 Å². The Morgan fingerprint density at radius 2 is 2.20 bits per heavy atom. The number of rotatable bonds is 2. The number of aromatic amines is 1. The maximum absolute atomic E-state index is 11.6. The number of hydrogen-bond donors (Lipinski definition) is 2. The molecule has 1 fully saturated rings. The van der Waals surface area contributed by atoms with Crippen LogP contribution in [0.3, 0.4) is 0 Å². The number of aromatic nitrogens is 3. The van der Waals surface area contributed by atoms with Gasteiger partial charge >= 0.3 is 5.69 Å². The lowest BCUT2D eigenvalue weighted by molar-refractivity contribution is 0.277. The minimum absolute atomic E-state index is 0.232. The zero-order valence-corrected chi connectivity index (χ0v) is 9.22. The van der Waals surface area contributed by atoms with Crippen molar-refractivity contribution in [3.05, 3.63) is 16.8 Å². The second-order valence-corrected chi connectivity index (χ2v) is 4.43. The molecule has 0 saturated heterocycles. The Hall–Kier alpha value is -1.17. The van der Waals surface area contributed by atoms with E-state index in [0.717, 1.165) is 25.7 Å². The molecule has 0 aromatic carbocycles. The lowest BCUT2D eigenvalue weighted by atomic mass is 9.81. The highest BCUT2D eigenvalue weighted by molar-refractivity contribution is 7.80. The second-order valence-electron chi connectivity index (χ2n) is 3.99. The Bertz CT molecular complexity index is 416. The quantitative estimate of drug-likeness (QED) is 0.721. The molecule has 15 heavy (non-hydrogen) atoms. The van der Waals surface area contributed by atoms with Crippen LogP contribution in [0.15, 0.2) is 11.1 Å². The topological polar surface area (TPSA) is 76.7 Å². The number of hydrogen-bond acceptors (Lipinski definition) is 3. The molecule has 82 valence electrons. The van der Waals surface area contributed by atoms with Crippen molar-refractivity contribution < 1.29 is 0 Å². The number of nitrogens with zero attached hydrogens (tertiary/aromatic N) is 2. The first-order valence-corrected chi connectivity index (χ1v) is 5.50. The molecule has 0 radical (unpaired) electrons. The number of nitrogens with one attached hydrogen (secondary N) is 1. The van der Waals surface area contributed by atoms with Gasteiger partial charge in [0.05, 0.1) is 4.99 Å². The molecule has 1 aromatic rings. The highest BCUT2D eigenvalue weighted by atomic mass is 32.1. The average molecular weight is 226 g/mol. The highest BCUT2D eigenvalue weighted by Gasteiger charge is 2.38. The largest absolute Gasteiger partial charge is 0.391 e. The fourth-order valence-electron chi connectivity index (χ4n) is 2.30. The zero-order chi connectivity index (χ0) is 10.9. The Kier molecular flexibility index (Phi) is 2.60. The van der Waals surface area contributed by atoms with Gasteiger partial charge in [0.15, 0.2) is 0 Å². The molecular formula is C9H14N4OS. The summed E-state index contributed by atoms with van der Waals surface area (Å²) in [6.07, 6.45) is 6.44. The number of H-pyrrole nitrogens is 1. The minimum Gasteiger partial charge on any atom is -0.391 e. The van der Waals surface area contributed by atoms with Gasteiger partial charge in [-0.3, -0.25) is 4.57 Å². The second kappa shape index (κ2) is 3.77. The van der Waals surface area contributed by atoms with Crippen LogP contribution in [0.1, 0.15) is 32.1 Å².